The molecule has 0 bridgehead atoms. The third-order valence-corrected chi connectivity index (χ3v) is 7.52. The number of fused-ring (bicyclic) bond motifs is 3. The normalized spacial score (nSPS) is 20.9. The highest BCUT2D eigenvalue weighted by Crippen LogP contribution is 2.44. The molecule has 1 unspecified atom stereocenters. The number of likely N-dealkylation sites (tertiary alicyclic amines) is 1. The predicted molar refractivity (Wildman–Crippen MR) is 122 cm³/mol. The molecule has 1 aromatic carbocycles. The van der Waals surface area contributed by atoms with Gasteiger partial charge in [0.05, 0.1) is 23.4 Å². The summed E-state index contributed by atoms with van der Waals surface area (Å²) < 4.78 is 4.48. The maximum absolute atomic E-state index is 4.97. The second-order valence-corrected chi connectivity index (χ2v) is 9.30. The van der Waals surface area contributed by atoms with Gasteiger partial charge in [0.25, 0.3) is 0 Å². The van der Waals surface area contributed by atoms with Crippen molar-refractivity contribution < 1.29 is 0 Å². The summed E-state index contributed by atoms with van der Waals surface area (Å²) in [5.41, 5.74) is 7.18. The topological polar surface area (TPSA) is 51.8 Å². The Morgan fingerprint density at radius 1 is 1.06 bits per heavy atom. The van der Waals surface area contributed by atoms with Gasteiger partial charge in [-0.3, -0.25) is 14.6 Å². The van der Waals surface area contributed by atoms with Gasteiger partial charge in [0, 0.05) is 54.1 Å². The lowest BCUT2D eigenvalue weighted by atomic mass is 9.82. The lowest BCUT2D eigenvalue weighted by Crippen LogP contribution is -2.29. The lowest BCUT2D eigenvalue weighted by Gasteiger charge is -2.23. The van der Waals surface area contributed by atoms with Gasteiger partial charge in [0.15, 0.2) is 0 Å². The SMILES string of the molecule is Cc1nc(CN2CCC3(CCn4nc(-c5cnc6ccccc6c5)cc43)C2)n(C)c1C. The first-order valence-electron chi connectivity index (χ1n) is 11.2. The van der Waals surface area contributed by atoms with Gasteiger partial charge in [-0.1, -0.05) is 18.2 Å². The molecule has 3 aromatic heterocycles. The Morgan fingerprint density at radius 3 is 2.74 bits per heavy atom. The van der Waals surface area contributed by atoms with Crippen LogP contribution in [0, 0.1) is 13.8 Å². The number of aryl methyl sites for hydroxylation is 2. The minimum absolute atomic E-state index is 0.213. The van der Waals surface area contributed by atoms with Crippen LogP contribution >= 0.6 is 0 Å². The minimum atomic E-state index is 0.213. The summed E-state index contributed by atoms with van der Waals surface area (Å²) in [5.74, 6) is 1.17. The van der Waals surface area contributed by atoms with Crippen molar-refractivity contribution in [3.63, 3.8) is 0 Å². The number of aromatic nitrogens is 5. The van der Waals surface area contributed by atoms with E-state index in [1.807, 2.05) is 12.3 Å². The summed E-state index contributed by atoms with van der Waals surface area (Å²) in [6, 6.07) is 12.8. The van der Waals surface area contributed by atoms with E-state index < -0.39 is 0 Å². The molecule has 158 valence electrons. The standard InChI is InChI=1S/C25H28N6/c1-17-18(2)29(3)24(27-17)15-30-10-8-25(16-30)9-11-31-23(25)13-22(28-31)20-12-19-6-4-5-7-21(19)26-14-20/h4-7,12-14H,8-11,15-16H2,1-3H3. The molecule has 1 atom stereocenters. The van der Waals surface area contributed by atoms with Crippen LogP contribution in [0.1, 0.15) is 35.7 Å². The first-order chi connectivity index (χ1) is 15.0. The van der Waals surface area contributed by atoms with Gasteiger partial charge in [-0.25, -0.2) is 4.98 Å². The van der Waals surface area contributed by atoms with Crippen LogP contribution in [0.15, 0.2) is 42.6 Å². The summed E-state index contributed by atoms with van der Waals surface area (Å²) in [6.45, 7) is 8.37. The van der Waals surface area contributed by atoms with Crippen LogP contribution in [-0.2, 0) is 25.6 Å². The molecule has 2 aliphatic rings. The molecule has 1 fully saturated rings. The number of nitrogens with zero attached hydrogens (tertiary/aromatic N) is 6. The molecule has 0 radical (unpaired) electrons. The molecule has 5 heterocycles. The van der Waals surface area contributed by atoms with Gasteiger partial charge in [-0.2, -0.15) is 5.10 Å². The molecule has 1 spiro atoms. The van der Waals surface area contributed by atoms with Crippen molar-refractivity contribution in [1.29, 1.82) is 0 Å². The van der Waals surface area contributed by atoms with E-state index in [0.29, 0.717) is 0 Å². The molecular formula is C25H28N6. The maximum Gasteiger partial charge on any atom is 0.123 e. The van der Waals surface area contributed by atoms with Crippen molar-refractivity contribution in [2.75, 3.05) is 13.1 Å². The third-order valence-electron chi connectivity index (χ3n) is 7.52. The first kappa shape index (κ1) is 18.8. The van der Waals surface area contributed by atoms with E-state index in [1.165, 1.54) is 30.1 Å². The van der Waals surface area contributed by atoms with Crippen LogP contribution in [0.3, 0.4) is 0 Å². The largest absolute Gasteiger partial charge is 0.334 e. The second-order valence-electron chi connectivity index (χ2n) is 9.30. The molecule has 6 nitrogen and oxygen atoms in total. The van der Waals surface area contributed by atoms with Crippen molar-refractivity contribution in [2.45, 2.75) is 45.2 Å². The lowest BCUT2D eigenvalue weighted by molar-refractivity contribution is 0.291. The van der Waals surface area contributed by atoms with Gasteiger partial charge in [0.2, 0.25) is 0 Å². The van der Waals surface area contributed by atoms with Gasteiger partial charge >= 0.3 is 0 Å². The van der Waals surface area contributed by atoms with Crippen molar-refractivity contribution in [3.05, 3.63) is 65.5 Å². The second kappa shape index (κ2) is 6.76. The summed E-state index contributed by atoms with van der Waals surface area (Å²) in [6.07, 6.45) is 4.33. The number of benzene rings is 1. The number of imidazole rings is 1. The maximum atomic E-state index is 4.97. The summed E-state index contributed by atoms with van der Waals surface area (Å²) in [7, 11) is 2.13. The van der Waals surface area contributed by atoms with Crippen LogP contribution in [0.25, 0.3) is 22.2 Å². The third kappa shape index (κ3) is 2.92. The van der Waals surface area contributed by atoms with E-state index in [2.05, 4.69) is 70.4 Å². The number of para-hydroxylation sites is 1. The summed E-state index contributed by atoms with van der Waals surface area (Å²) in [5, 5.41) is 6.13. The van der Waals surface area contributed by atoms with E-state index in [4.69, 9.17) is 10.1 Å². The Hall–Kier alpha value is -2.99. The molecule has 0 saturated carbocycles. The molecule has 6 heteroatoms. The zero-order chi connectivity index (χ0) is 21.2. The molecule has 0 aliphatic carbocycles. The average Bonchev–Trinajstić information content (AvgIpc) is 3.52. The number of rotatable bonds is 3. The van der Waals surface area contributed by atoms with Crippen LogP contribution in [0.5, 0.6) is 0 Å². The van der Waals surface area contributed by atoms with Crippen molar-refractivity contribution in [2.24, 2.45) is 7.05 Å². The highest BCUT2D eigenvalue weighted by atomic mass is 15.3. The fourth-order valence-corrected chi connectivity index (χ4v) is 5.45. The fourth-order valence-electron chi connectivity index (χ4n) is 5.45. The molecule has 0 amide bonds. The molecule has 0 N–H and O–H groups in total. The van der Waals surface area contributed by atoms with Gasteiger partial charge in [-0.05, 0) is 51.4 Å². The Morgan fingerprint density at radius 2 is 1.90 bits per heavy atom. The van der Waals surface area contributed by atoms with Crippen molar-refractivity contribution in [1.82, 2.24) is 29.2 Å². The minimum Gasteiger partial charge on any atom is -0.334 e. The first-order valence-corrected chi connectivity index (χ1v) is 11.2. The predicted octanol–water partition coefficient (Wildman–Crippen LogP) is 4.00. The smallest absolute Gasteiger partial charge is 0.123 e. The van der Waals surface area contributed by atoms with Crippen LogP contribution in [0.2, 0.25) is 0 Å². The van der Waals surface area contributed by atoms with Crippen LogP contribution < -0.4 is 0 Å². The van der Waals surface area contributed by atoms with Crippen LogP contribution in [-0.4, -0.2) is 42.3 Å². The fraction of sp³-hybridized carbons (Fsp3) is 0.400. The van der Waals surface area contributed by atoms with Gasteiger partial charge in [-0.15, -0.1) is 0 Å². The molecule has 6 rings (SSSR count). The summed E-state index contributed by atoms with van der Waals surface area (Å²) >= 11 is 0. The van der Waals surface area contributed by atoms with Gasteiger partial charge < -0.3 is 4.57 Å². The molecule has 1 saturated heterocycles. The van der Waals surface area contributed by atoms with E-state index in [1.54, 1.807) is 0 Å². The average molecular weight is 413 g/mol. The summed E-state index contributed by atoms with van der Waals surface area (Å²) in [4.78, 5) is 12.0. The molecular weight excluding hydrogens is 384 g/mol. The number of pyridine rings is 1. The van der Waals surface area contributed by atoms with E-state index >= 15 is 0 Å². The molecule has 4 aromatic rings. The Labute approximate surface area is 182 Å². The highest BCUT2D eigenvalue weighted by Gasteiger charge is 2.45. The van der Waals surface area contributed by atoms with E-state index in [9.17, 15) is 0 Å². The van der Waals surface area contributed by atoms with Gasteiger partial charge in [0.1, 0.15) is 5.82 Å². The van der Waals surface area contributed by atoms with Crippen molar-refractivity contribution >= 4 is 10.9 Å². The zero-order valence-electron chi connectivity index (χ0n) is 18.5. The van der Waals surface area contributed by atoms with Crippen LogP contribution in [0.4, 0.5) is 0 Å². The Kier molecular flexibility index (Phi) is 4.09. The monoisotopic (exact) mass is 412 g/mol. The Balaban J connectivity index is 1.27. The Bertz CT molecular complexity index is 1300. The number of hydrogen-bond donors (Lipinski definition) is 0. The van der Waals surface area contributed by atoms with E-state index in [-0.39, 0.29) is 5.41 Å². The van der Waals surface area contributed by atoms with E-state index in [0.717, 1.165) is 54.0 Å². The number of hydrogen-bond acceptors (Lipinski definition) is 4. The molecule has 31 heavy (non-hydrogen) atoms. The zero-order valence-corrected chi connectivity index (χ0v) is 18.5. The highest BCUT2D eigenvalue weighted by molar-refractivity contribution is 5.82. The quantitative estimate of drug-likeness (QED) is 0.510. The van der Waals surface area contributed by atoms with Crippen molar-refractivity contribution in [3.8, 4) is 11.3 Å². The molecule has 2 aliphatic heterocycles.